The first-order valence-electron chi connectivity index (χ1n) is 10.3. The molecule has 0 radical (unpaired) electrons. The van der Waals surface area contributed by atoms with Crippen molar-refractivity contribution in [1.82, 2.24) is 19.9 Å². The fourth-order valence-electron chi connectivity index (χ4n) is 3.85. The molecule has 1 N–H and O–H groups in total. The first-order valence-corrected chi connectivity index (χ1v) is 10.3. The second kappa shape index (κ2) is 7.77. The Morgan fingerprint density at radius 3 is 2.59 bits per heavy atom. The monoisotopic (exact) mass is 424 g/mol. The number of hydrogen-bond acceptors (Lipinski definition) is 5. The van der Waals surface area contributed by atoms with Crippen LogP contribution in [0, 0.1) is 6.92 Å². The van der Waals surface area contributed by atoms with Crippen LogP contribution in [-0.4, -0.2) is 20.5 Å². The van der Waals surface area contributed by atoms with Gasteiger partial charge in [-0.3, -0.25) is 14.0 Å². The molecule has 32 heavy (non-hydrogen) atoms. The van der Waals surface area contributed by atoms with Crippen LogP contribution in [-0.2, 0) is 0 Å². The molecule has 0 aliphatic heterocycles. The van der Waals surface area contributed by atoms with Crippen LogP contribution in [0.2, 0.25) is 0 Å². The molecular weight excluding hydrogens is 404 g/mol. The topological polar surface area (TPSA) is 89.5 Å². The quantitative estimate of drug-likeness (QED) is 0.465. The van der Waals surface area contributed by atoms with Crippen molar-refractivity contribution in [3.63, 3.8) is 0 Å². The van der Waals surface area contributed by atoms with Crippen LogP contribution < -0.4 is 10.7 Å². The summed E-state index contributed by atoms with van der Waals surface area (Å²) in [7, 11) is 0. The fourth-order valence-corrected chi connectivity index (χ4v) is 3.85. The van der Waals surface area contributed by atoms with E-state index in [0.717, 1.165) is 5.56 Å². The number of carbonyl (C=O) groups is 1. The van der Waals surface area contributed by atoms with E-state index in [2.05, 4.69) is 15.5 Å². The van der Waals surface area contributed by atoms with Crippen molar-refractivity contribution < 1.29 is 9.21 Å². The maximum Gasteiger partial charge on any atom is 0.255 e. The van der Waals surface area contributed by atoms with Gasteiger partial charge in [0.05, 0.1) is 17.0 Å². The van der Waals surface area contributed by atoms with Crippen LogP contribution in [0.15, 0.2) is 82.1 Å². The van der Waals surface area contributed by atoms with E-state index >= 15 is 0 Å². The molecule has 3 aromatic heterocycles. The number of benzene rings is 2. The van der Waals surface area contributed by atoms with Gasteiger partial charge < -0.3 is 9.73 Å². The highest BCUT2D eigenvalue weighted by atomic mass is 16.3. The third-order valence-corrected chi connectivity index (χ3v) is 5.50. The first kappa shape index (κ1) is 19.7. The van der Waals surface area contributed by atoms with Crippen molar-refractivity contribution in [2.24, 2.45) is 0 Å². The van der Waals surface area contributed by atoms with E-state index in [1.54, 1.807) is 25.1 Å². The van der Waals surface area contributed by atoms with Gasteiger partial charge in [0.15, 0.2) is 22.5 Å². The minimum absolute atomic E-state index is 0.156. The Hall–Kier alpha value is -4.26. The molecule has 0 spiro atoms. The van der Waals surface area contributed by atoms with Gasteiger partial charge in [-0.1, -0.05) is 42.5 Å². The van der Waals surface area contributed by atoms with Gasteiger partial charge in [-0.05, 0) is 38.1 Å². The third kappa shape index (κ3) is 3.24. The highest BCUT2D eigenvalue weighted by Gasteiger charge is 2.21. The highest BCUT2D eigenvalue weighted by molar-refractivity contribution is 6.05. The minimum atomic E-state index is -0.416. The molecule has 3 heterocycles. The molecule has 0 saturated heterocycles. The Morgan fingerprint density at radius 2 is 1.78 bits per heavy atom. The molecule has 0 unspecified atom stereocenters. The van der Waals surface area contributed by atoms with Crippen molar-refractivity contribution >= 4 is 22.5 Å². The van der Waals surface area contributed by atoms with Crippen molar-refractivity contribution in [3.05, 3.63) is 100 Å². The van der Waals surface area contributed by atoms with Gasteiger partial charge in [0, 0.05) is 17.3 Å². The summed E-state index contributed by atoms with van der Waals surface area (Å²) in [6.45, 7) is 3.57. The Morgan fingerprint density at radius 1 is 1.00 bits per heavy atom. The summed E-state index contributed by atoms with van der Waals surface area (Å²) < 4.78 is 7.98. The molecule has 1 amide bonds. The Bertz CT molecular complexity index is 1520. The zero-order valence-corrected chi connectivity index (χ0v) is 17.6. The van der Waals surface area contributed by atoms with Gasteiger partial charge in [-0.2, -0.15) is 0 Å². The number of pyridine rings is 1. The van der Waals surface area contributed by atoms with Crippen LogP contribution in [0.25, 0.3) is 27.9 Å². The predicted octanol–water partition coefficient (Wildman–Crippen LogP) is 4.30. The lowest BCUT2D eigenvalue weighted by Gasteiger charge is -2.14. The summed E-state index contributed by atoms with van der Waals surface area (Å²) >= 11 is 0. The zero-order valence-electron chi connectivity index (χ0n) is 17.6. The normalized spacial score (nSPS) is 12.2. The van der Waals surface area contributed by atoms with Crippen molar-refractivity contribution in [1.29, 1.82) is 0 Å². The number of rotatable bonds is 4. The summed E-state index contributed by atoms with van der Waals surface area (Å²) in [6.07, 6.45) is 1.85. The lowest BCUT2D eigenvalue weighted by atomic mass is 10.0. The van der Waals surface area contributed by atoms with Crippen molar-refractivity contribution in [2.75, 3.05) is 0 Å². The molecule has 0 aliphatic carbocycles. The molecule has 0 fully saturated rings. The summed E-state index contributed by atoms with van der Waals surface area (Å²) in [6, 6.07) is 19.6. The SMILES string of the molecule is Cc1c(-c2ccccc2)oc2c(C(=O)N[C@@H](C)c3nnc4ccccn34)cccc2c1=O. The maximum absolute atomic E-state index is 13.2. The van der Waals surface area contributed by atoms with E-state index in [1.165, 1.54) is 0 Å². The van der Waals surface area contributed by atoms with Gasteiger partial charge >= 0.3 is 0 Å². The number of hydrogen-bond donors (Lipinski definition) is 1. The number of fused-ring (bicyclic) bond motifs is 2. The molecule has 2 aromatic carbocycles. The van der Waals surface area contributed by atoms with E-state index in [1.807, 2.05) is 66.1 Å². The lowest BCUT2D eigenvalue weighted by Crippen LogP contribution is -2.28. The summed E-state index contributed by atoms with van der Waals surface area (Å²) in [4.78, 5) is 26.3. The van der Waals surface area contributed by atoms with E-state index in [0.29, 0.717) is 28.2 Å². The van der Waals surface area contributed by atoms with E-state index in [9.17, 15) is 9.59 Å². The fraction of sp³-hybridized carbons (Fsp3) is 0.120. The molecule has 7 nitrogen and oxygen atoms in total. The van der Waals surface area contributed by atoms with Gasteiger partial charge in [0.25, 0.3) is 5.91 Å². The number of amides is 1. The average molecular weight is 424 g/mol. The second-order valence-electron chi connectivity index (χ2n) is 7.62. The number of nitrogens with zero attached hydrogens (tertiary/aromatic N) is 3. The molecular formula is C25H20N4O3. The molecule has 158 valence electrons. The number of para-hydroxylation sites is 1. The summed E-state index contributed by atoms with van der Waals surface area (Å²) in [5.41, 5.74) is 2.38. The van der Waals surface area contributed by atoms with E-state index in [-0.39, 0.29) is 22.5 Å². The smallest absolute Gasteiger partial charge is 0.255 e. The molecule has 1 atom stereocenters. The number of aromatic nitrogens is 3. The van der Waals surface area contributed by atoms with Gasteiger partial charge in [0.1, 0.15) is 5.76 Å². The van der Waals surface area contributed by atoms with Gasteiger partial charge in [0.2, 0.25) is 0 Å². The first-order chi connectivity index (χ1) is 15.5. The number of nitrogens with one attached hydrogen (secondary N) is 1. The molecule has 0 bridgehead atoms. The van der Waals surface area contributed by atoms with E-state index in [4.69, 9.17) is 4.42 Å². The molecule has 0 aliphatic rings. The van der Waals surface area contributed by atoms with Crippen LogP contribution in [0.5, 0.6) is 0 Å². The maximum atomic E-state index is 13.2. The predicted molar refractivity (Wildman–Crippen MR) is 122 cm³/mol. The summed E-state index contributed by atoms with van der Waals surface area (Å²) in [5.74, 6) is 0.707. The molecule has 0 saturated carbocycles. The van der Waals surface area contributed by atoms with Crippen LogP contribution >= 0.6 is 0 Å². The van der Waals surface area contributed by atoms with Crippen molar-refractivity contribution in [3.8, 4) is 11.3 Å². The van der Waals surface area contributed by atoms with Gasteiger partial charge in [-0.25, -0.2) is 0 Å². The van der Waals surface area contributed by atoms with Crippen LogP contribution in [0.1, 0.15) is 34.7 Å². The summed E-state index contributed by atoms with van der Waals surface area (Å²) in [5, 5.41) is 11.7. The van der Waals surface area contributed by atoms with Gasteiger partial charge in [-0.15, -0.1) is 10.2 Å². The largest absolute Gasteiger partial charge is 0.455 e. The molecule has 5 aromatic rings. The van der Waals surface area contributed by atoms with Crippen molar-refractivity contribution in [2.45, 2.75) is 19.9 Å². The van der Waals surface area contributed by atoms with Crippen LogP contribution in [0.3, 0.4) is 0 Å². The number of carbonyl (C=O) groups excluding carboxylic acids is 1. The Labute approximate surface area is 183 Å². The molecule has 5 rings (SSSR count). The van der Waals surface area contributed by atoms with E-state index < -0.39 is 6.04 Å². The lowest BCUT2D eigenvalue weighted by molar-refractivity contribution is 0.0939. The Kier molecular flexibility index (Phi) is 4.78. The second-order valence-corrected chi connectivity index (χ2v) is 7.62. The standard InChI is InChI=1S/C25H20N4O3/c1-15-21(30)18-11-8-12-19(23(18)32-22(15)17-9-4-3-5-10-17)25(31)26-16(2)24-28-27-20-13-6-7-14-29(20)24/h3-14,16H,1-2H3,(H,26,31)/t16-/m0/s1. The zero-order chi connectivity index (χ0) is 22.2. The average Bonchev–Trinajstić information content (AvgIpc) is 3.26. The highest BCUT2D eigenvalue weighted by Crippen LogP contribution is 2.27. The third-order valence-electron chi connectivity index (χ3n) is 5.50. The van der Waals surface area contributed by atoms with Crippen LogP contribution in [0.4, 0.5) is 0 Å². The molecule has 7 heteroatoms. The Balaban J connectivity index is 1.57. The minimum Gasteiger partial charge on any atom is -0.455 e.